The number of anilines is 1. The van der Waals surface area contributed by atoms with Crippen molar-refractivity contribution in [2.45, 2.75) is 19.3 Å². The molecule has 0 spiro atoms. The highest BCUT2D eigenvalue weighted by Gasteiger charge is 2.34. The fourth-order valence-corrected chi connectivity index (χ4v) is 5.22. The highest BCUT2D eigenvalue weighted by atomic mass is 32.1. The summed E-state index contributed by atoms with van der Waals surface area (Å²) in [5.74, 6) is 1.36. The van der Waals surface area contributed by atoms with Crippen LogP contribution in [0.2, 0.25) is 13.1 Å². The van der Waals surface area contributed by atoms with Crippen molar-refractivity contribution in [2.75, 3.05) is 12.0 Å². The molecule has 7 heteroatoms. The summed E-state index contributed by atoms with van der Waals surface area (Å²) in [5, 5.41) is 6.94. The van der Waals surface area contributed by atoms with Crippen LogP contribution < -0.4 is 10.5 Å². The molecular weight excluding hydrogens is 324 g/mol. The lowest BCUT2D eigenvalue weighted by Crippen LogP contribution is -2.44. The van der Waals surface area contributed by atoms with Crippen molar-refractivity contribution in [3.05, 3.63) is 35.8 Å². The first-order chi connectivity index (χ1) is 11.0. The second kappa shape index (κ2) is 5.21. The van der Waals surface area contributed by atoms with Crippen LogP contribution in [-0.2, 0) is 6.17 Å². The third-order valence-corrected chi connectivity index (χ3v) is 6.87. The molecule has 0 fully saturated rings. The highest BCUT2D eigenvalue weighted by Crippen LogP contribution is 2.42. The van der Waals surface area contributed by atoms with Gasteiger partial charge in [-0.05, 0) is 29.1 Å². The molecule has 0 atom stereocenters. The summed E-state index contributed by atoms with van der Waals surface area (Å²) >= 11 is 1.69. The van der Waals surface area contributed by atoms with Crippen LogP contribution in [-0.4, -0.2) is 29.1 Å². The number of nitrogen functional groups attached to an aromatic ring is 1. The monoisotopic (exact) mass is 342 g/mol. The van der Waals surface area contributed by atoms with Gasteiger partial charge in [-0.15, -0.1) is 11.3 Å². The van der Waals surface area contributed by atoms with E-state index in [1.165, 1.54) is 0 Å². The zero-order chi connectivity index (χ0) is 16.0. The molecule has 3 aromatic rings. The van der Waals surface area contributed by atoms with Gasteiger partial charge in [-0.3, -0.25) is 0 Å². The molecule has 2 N–H and O–H groups in total. The minimum Gasteiger partial charge on any atom is -0.481 e. The largest absolute Gasteiger partial charge is 0.481 e. The molecule has 0 aliphatic carbocycles. The lowest BCUT2D eigenvalue weighted by atomic mass is 10.1. The minimum absolute atomic E-state index is 0.505. The smallest absolute Gasteiger partial charge is 0.219 e. The summed E-state index contributed by atoms with van der Waals surface area (Å²) in [6, 6.07) is 7.99. The normalized spacial score (nSPS) is 15.9. The Morgan fingerprint density at radius 3 is 2.96 bits per heavy atom. The predicted octanol–water partition coefficient (Wildman–Crippen LogP) is 3.44. The summed E-state index contributed by atoms with van der Waals surface area (Å²) < 4.78 is 8.19. The van der Waals surface area contributed by atoms with Crippen LogP contribution >= 0.6 is 11.3 Å². The number of pyridine rings is 1. The Hall–Kier alpha value is -2.12. The second-order valence-corrected chi connectivity index (χ2v) is 12.5. The molecule has 0 unspecified atom stereocenters. The van der Waals surface area contributed by atoms with E-state index < -0.39 is 8.07 Å². The van der Waals surface area contributed by atoms with Gasteiger partial charge in [0, 0.05) is 12.4 Å². The molecule has 0 aromatic carbocycles. The first-order valence-corrected chi connectivity index (χ1v) is 11.8. The van der Waals surface area contributed by atoms with Gasteiger partial charge < -0.3 is 10.5 Å². The van der Waals surface area contributed by atoms with E-state index >= 15 is 0 Å². The predicted molar refractivity (Wildman–Crippen MR) is 96.2 cm³/mol. The molecule has 0 bridgehead atoms. The van der Waals surface area contributed by atoms with Crippen LogP contribution in [0.25, 0.3) is 21.7 Å². The molecule has 4 heterocycles. The maximum absolute atomic E-state index is 6.15. The molecule has 3 aromatic heterocycles. The van der Waals surface area contributed by atoms with Gasteiger partial charge in [0.05, 0.1) is 16.7 Å². The molecule has 0 radical (unpaired) electrons. The Balaban J connectivity index is 1.94. The highest BCUT2D eigenvalue weighted by molar-refractivity contribution is 7.13. The van der Waals surface area contributed by atoms with Crippen molar-refractivity contribution in [2.24, 2.45) is 0 Å². The Labute approximate surface area is 139 Å². The molecule has 1 aliphatic rings. The van der Waals surface area contributed by atoms with Gasteiger partial charge in [0.25, 0.3) is 0 Å². The first-order valence-electron chi connectivity index (χ1n) is 7.53. The first kappa shape index (κ1) is 14.5. The summed E-state index contributed by atoms with van der Waals surface area (Å²) in [4.78, 5) is 5.24. The number of hydrogen-bond donors (Lipinski definition) is 1. The van der Waals surface area contributed by atoms with Gasteiger partial charge in [-0.2, -0.15) is 5.10 Å². The van der Waals surface area contributed by atoms with Crippen molar-refractivity contribution in [3.63, 3.8) is 0 Å². The van der Waals surface area contributed by atoms with E-state index in [9.17, 15) is 0 Å². The summed E-state index contributed by atoms with van der Waals surface area (Å²) in [6.45, 7) is 4.65. The second-order valence-electron chi connectivity index (χ2n) is 6.59. The Morgan fingerprint density at radius 1 is 1.35 bits per heavy atom. The third kappa shape index (κ3) is 2.55. The average molecular weight is 343 g/mol. The molecule has 0 saturated carbocycles. The number of nitrogens with two attached hydrogens (primary N) is 1. The number of fused-ring (bicyclic) bond motifs is 1. The number of hydrogen-bond acceptors (Lipinski definition) is 5. The lowest BCUT2D eigenvalue weighted by molar-refractivity contribution is 0.318. The molecular formula is C16H18N4OSSi. The quantitative estimate of drug-likeness (QED) is 0.725. The van der Waals surface area contributed by atoms with Gasteiger partial charge >= 0.3 is 0 Å². The molecule has 4 rings (SSSR count). The number of aromatic nitrogens is 3. The SMILES string of the molecule is C[Si]1(C)COc2c(-c3ccnc(N)c3)c(-c3cccs3)nn2C1. The number of ether oxygens (including phenoxy) is 1. The number of rotatable bonds is 2. The number of nitrogens with zero attached hydrogens (tertiary/aromatic N) is 3. The number of thiophene rings is 1. The fraction of sp³-hybridized carbons (Fsp3) is 0.250. The van der Waals surface area contributed by atoms with Crippen molar-refractivity contribution in [1.29, 1.82) is 0 Å². The van der Waals surface area contributed by atoms with E-state index in [4.69, 9.17) is 15.6 Å². The van der Waals surface area contributed by atoms with Gasteiger partial charge in [-0.1, -0.05) is 19.2 Å². The third-order valence-electron chi connectivity index (χ3n) is 3.91. The maximum Gasteiger partial charge on any atom is 0.219 e. The van der Waals surface area contributed by atoms with Crippen LogP contribution in [0.5, 0.6) is 5.88 Å². The van der Waals surface area contributed by atoms with E-state index in [1.54, 1.807) is 17.5 Å². The van der Waals surface area contributed by atoms with Crippen LogP contribution in [0.4, 0.5) is 5.82 Å². The maximum atomic E-state index is 6.15. The van der Waals surface area contributed by atoms with Gasteiger partial charge in [0.2, 0.25) is 5.88 Å². The Bertz CT molecular complexity index is 857. The van der Waals surface area contributed by atoms with Crippen LogP contribution in [0, 0.1) is 0 Å². The Kier molecular flexibility index (Phi) is 3.28. The molecule has 0 saturated heterocycles. The zero-order valence-corrected chi connectivity index (χ0v) is 14.9. The Morgan fingerprint density at radius 2 is 2.22 bits per heavy atom. The van der Waals surface area contributed by atoms with Gasteiger partial charge in [0.1, 0.15) is 19.6 Å². The van der Waals surface area contributed by atoms with Gasteiger partial charge in [0.15, 0.2) is 0 Å². The van der Waals surface area contributed by atoms with E-state index in [0.717, 1.165) is 40.0 Å². The summed E-state index contributed by atoms with van der Waals surface area (Å²) in [7, 11) is -1.40. The molecule has 23 heavy (non-hydrogen) atoms. The summed E-state index contributed by atoms with van der Waals surface area (Å²) in [5.41, 5.74) is 8.87. The van der Waals surface area contributed by atoms with Crippen LogP contribution in [0.3, 0.4) is 0 Å². The summed E-state index contributed by atoms with van der Waals surface area (Å²) in [6.07, 6.45) is 3.52. The lowest BCUT2D eigenvalue weighted by Gasteiger charge is -2.28. The minimum atomic E-state index is -1.40. The molecule has 0 amide bonds. The van der Waals surface area contributed by atoms with E-state index in [-0.39, 0.29) is 0 Å². The van der Waals surface area contributed by atoms with Crippen molar-refractivity contribution in [3.8, 4) is 27.6 Å². The molecule has 5 nitrogen and oxygen atoms in total. The van der Waals surface area contributed by atoms with E-state index in [1.807, 2.05) is 22.9 Å². The standard InChI is InChI=1S/C16H18N4OSSi/c1-23(2)9-20-16(21-10-23)14(11-5-6-18-13(17)8-11)15(19-20)12-4-3-7-22-12/h3-8H,9-10H2,1-2H3,(H2,17,18). The van der Waals surface area contributed by atoms with Crippen molar-refractivity contribution < 1.29 is 4.74 Å². The van der Waals surface area contributed by atoms with Crippen molar-refractivity contribution >= 4 is 25.2 Å². The van der Waals surface area contributed by atoms with E-state index in [0.29, 0.717) is 5.82 Å². The fourth-order valence-electron chi connectivity index (χ4n) is 2.86. The van der Waals surface area contributed by atoms with Crippen LogP contribution in [0.15, 0.2) is 35.8 Å². The molecule has 1 aliphatic heterocycles. The van der Waals surface area contributed by atoms with E-state index in [2.05, 4.69) is 29.5 Å². The van der Waals surface area contributed by atoms with Crippen LogP contribution in [0.1, 0.15) is 0 Å². The molecule has 118 valence electrons. The zero-order valence-electron chi connectivity index (χ0n) is 13.1. The van der Waals surface area contributed by atoms with Gasteiger partial charge in [-0.25, -0.2) is 9.67 Å². The topological polar surface area (TPSA) is 66.0 Å². The van der Waals surface area contributed by atoms with Crippen molar-refractivity contribution in [1.82, 2.24) is 14.8 Å². The average Bonchev–Trinajstić information content (AvgIpc) is 3.12.